The van der Waals surface area contributed by atoms with Crippen LogP contribution < -0.4 is 0 Å². The van der Waals surface area contributed by atoms with Gasteiger partial charge in [-0.15, -0.1) is 0 Å². The second kappa shape index (κ2) is 2.27. The fraction of sp³-hybridized carbons (Fsp3) is 0. The number of hydrogen-bond donors (Lipinski definition) is 3. The third kappa shape index (κ3) is 1.09. The molecule has 54 valence electrons. The average molecular weight is 161 g/mol. The van der Waals surface area contributed by atoms with E-state index in [1.807, 2.05) is 0 Å². The Hall–Kier alpha value is -1.09. The van der Waals surface area contributed by atoms with E-state index >= 15 is 0 Å². The summed E-state index contributed by atoms with van der Waals surface area (Å²) in [6, 6.07) is 2.27. The van der Waals surface area contributed by atoms with Gasteiger partial charge in [0.05, 0.1) is 0 Å². The summed E-state index contributed by atoms with van der Waals surface area (Å²) >= 11 is 5.39. The first-order valence-electron chi connectivity index (χ1n) is 2.51. The summed E-state index contributed by atoms with van der Waals surface area (Å²) in [5, 5.41) is 26.5. The van der Waals surface area contributed by atoms with Crippen molar-refractivity contribution >= 4 is 11.6 Å². The van der Waals surface area contributed by atoms with E-state index in [9.17, 15) is 0 Å². The van der Waals surface area contributed by atoms with Gasteiger partial charge in [-0.1, -0.05) is 11.6 Å². The third-order valence-electron chi connectivity index (χ3n) is 1.03. The maximum Gasteiger partial charge on any atom is 0.200 e. The minimum absolute atomic E-state index is 0.174. The van der Waals surface area contributed by atoms with Crippen molar-refractivity contribution in [2.24, 2.45) is 0 Å². The Morgan fingerprint density at radius 3 is 1.80 bits per heavy atom. The van der Waals surface area contributed by atoms with Crippen LogP contribution >= 0.6 is 11.6 Å². The molecule has 4 heteroatoms. The summed E-state index contributed by atoms with van der Waals surface area (Å²) in [6.07, 6.45) is 0. The zero-order valence-electron chi connectivity index (χ0n) is 4.87. The second-order valence-electron chi connectivity index (χ2n) is 1.79. The molecule has 0 saturated carbocycles. The predicted octanol–water partition coefficient (Wildman–Crippen LogP) is 1.46. The lowest BCUT2D eigenvalue weighted by molar-refractivity contribution is 0.368. The van der Waals surface area contributed by atoms with Crippen LogP contribution in [0.25, 0.3) is 0 Å². The Kier molecular flexibility index (Phi) is 1.59. The highest BCUT2D eigenvalue weighted by Gasteiger charge is 2.05. The molecule has 1 rings (SSSR count). The summed E-state index contributed by atoms with van der Waals surface area (Å²) < 4.78 is 0. The van der Waals surface area contributed by atoms with Crippen LogP contribution in [0.4, 0.5) is 0 Å². The third-order valence-corrected chi connectivity index (χ3v) is 1.25. The minimum atomic E-state index is -0.551. The summed E-state index contributed by atoms with van der Waals surface area (Å²) in [5.41, 5.74) is 0. The normalized spacial score (nSPS) is 9.70. The van der Waals surface area contributed by atoms with Crippen molar-refractivity contribution in [2.75, 3.05) is 0 Å². The maximum absolute atomic E-state index is 8.79. The van der Waals surface area contributed by atoms with Gasteiger partial charge >= 0.3 is 0 Å². The molecule has 3 N–H and O–H groups in total. The number of phenols is 3. The van der Waals surface area contributed by atoms with Gasteiger partial charge in [-0.25, -0.2) is 0 Å². The van der Waals surface area contributed by atoms with Gasteiger partial charge in [0.25, 0.3) is 0 Å². The molecule has 0 aliphatic rings. The Bertz CT molecular complexity index is 236. The summed E-state index contributed by atoms with van der Waals surface area (Å²) in [5.74, 6) is -1.40. The highest BCUT2D eigenvalue weighted by molar-refractivity contribution is 6.30. The molecule has 10 heavy (non-hydrogen) atoms. The smallest absolute Gasteiger partial charge is 0.200 e. The van der Waals surface area contributed by atoms with Crippen LogP contribution in [0.5, 0.6) is 17.2 Å². The van der Waals surface area contributed by atoms with Crippen molar-refractivity contribution in [1.29, 1.82) is 0 Å². The first kappa shape index (κ1) is 7.02. The van der Waals surface area contributed by atoms with Crippen LogP contribution in [0.2, 0.25) is 5.02 Å². The van der Waals surface area contributed by atoms with Crippen molar-refractivity contribution in [3.05, 3.63) is 17.2 Å². The molecule has 1 aromatic rings. The lowest BCUT2D eigenvalue weighted by Crippen LogP contribution is -1.70. The van der Waals surface area contributed by atoms with Gasteiger partial charge in [0.1, 0.15) is 0 Å². The SMILES string of the molecule is Oc1cc(Cl)cc(O)c1O. The van der Waals surface area contributed by atoms with E-state index in [-0.39, 0.29) is 5.02 Å². The van der Waals surface area contributed by atoms with Crippen molar-refractivity contribution in [1.82, 2.24) is 0 Å². The fourth-order valence-corrected chi connectivity index (χ4v) is 0.778. The van der Waals surface area contributed by atoms with E-state index in [2.05, 4.69) is 0 Å². The number of hydrogen-bond acceptors (Lipinski definition) is 3. The quantitative estimate of drug-likeness (QED) is 0.504. The zero-order chi connectivity index (χ0) is 7.72. The second-order valence-corrected chi connectivity index (χ2v) is 2.23. The molecule has 0 aromatic heterocycles. The van der Waals surface area contributed by atoms with Gasteiger partial charge in [0.2, 0.25) is 0 Å². The van der Waals surface area contributed by atoms with Crippen molar-refractivity contribution in [3.8, 4) is 17.2 Å². The van der Waals surface area contributed by atoms with E-state index in [1.165, 1.54) is 0 Å². The van der Waals surface area contributed by atoms with Crippen molar-refractivity contribution < 1.29 is 15.3 Å². The standard InChI is InChI=1S/C6H5ClO3/c7-3-1-4(8)6(10)5(9)2-3/h1-2,8-10H. The molecule has 0 radical (unpaired) electrons. The maximum atomic E-state index is 8.79. The predicted molar refractivity (Wildman–Crippen MR) is 36.4 cm³/mol. The lowest BCUT2D eigenvalue weighted by Gasteiger charge is -1.99. The van der Waals surface area contributed by atoms with E-state index in [0.717, 1.165) is 12.1 Å². The van der Waals surface area contributed by atoms with E-state index < -0.39 is 17.2 Å². The van der Waals surface area contributed by atoms with Gasteiger partial charge in [-0.05, 0) is 0 Å². The summed E-state index contributed by atoms with van der Waals surface area (Å²) in [6.45, 7) is 0. The van der Waals surface area contributed by atoms with Crippen molar-refractivity contribution in [2.45, 2.75) is 0 Å². The number of halogens is 1. The summed E-state index contributed by atoms with van der Waals surface area (Å²) in [7, 11) is 0. The number of phenolic OH excluding ortho intramolecular Hbond substituents is 3. The Labute approximate surface area is 62.1 Å². The molecule has 1 aromatic carbocycles. The van der Waals surface area contributed by atoms with Crippen LogP contribution in [0.3, 0.4) is 0 Å². The molecule has 0 aliphatic heterocycles. The summed E-state index contributed by atoms with van der Waals surface area (Å²) in [4.78, 5) is 0. The van der Waals surface area contributed by atoms with Crippen LogP contribution in [0.1, 0.15) is 0 Å². The first-order chi connectivity index (χ1) is 4.61. The Morgan fingerprint density at radius 1 is 1.00 bits per heavy atom. The molecule has 0 bridgehead atoms. The van der Waals surface area contributed by atoms with Gasteiger partial charge in [0, 0.05) is 17.2 Å². The molecule has 0 unspecified atom stereocenters. The van der Waals surface area contributed by atoms with Gasteiger partial charge in [-0.3, -0.25) is 0 Å². The highest BCUT2D eigenvalue weighted by atomic mass is 35.5. The molecule has 0 spiro atoms. The van der Waals surface area contributed by atoms with Crippen LogP contribution in [-0.2, 0) is 0 Å². The molecular weight excluding hydrogens is 156 g/mol. The molecule has 0 aliphatic carbocycles. The molecule has 0 saturated heterocycles. The number of benzene rings is 1. The molecule has 0 fully saturated rings. The lowest BCUT2D eigenvalue weighted by atomic mass is 10.3. The van der Waals surface area contributed by atoms with Gasteiger partial charge in [-0.2, -0.15) is 0 Å². The minimum Gasteiger partial charge on any atom is -0.504 e. The van der Waals surface area contributed by atoms with Gasteiger partial charge < -0.3 is 15.3 Å². The number of rotatable bonds is 0. The molecule has 0 heterocycles. The first-order valence-corrected chi connectivity index (χ1v) is 2.89. The topological polar surface area (TPSA) is 60.7 Å². The van der Waals surface area contributed by atoms with E-state index in [0.29, 0.717) is 0 Å². The largest absolute Gasteiger partial charge is 0.504 e. The van der Waals surface area contributed by atoms with Gasteiger partial charge in [0.15, 0.2) is 17.2 Å². The van der Waals surface area contributed by atoms with Crippen LogP contribution in [0, 0.1) is 0 Å². The Balaban J connectivity index is 3.31. The number of aromatic hydroxyl groups is 3. The fourth-order valence-electron chi connectivity index (χ4n) is 0.571. The Morgan fingerprint density at radius 2 is 1.40 bits per heavy atom. The average Bonchev–Trinajstić information content (AvgIpc) is 1.82. The van der Waals surface area contributed by atoms with E-state index in [4.69, 9.17) is 26.9 Å². The molecular formula is C6H5ClO3. The highest BCUT2D eigenvalue weighted by Crippen LogP contribution is 2.36. The van der Waals surface area contributed by atoms with E-state index in [1.54, 1.807) is 0 Å². The molecule has 0 amide bonds. The molecule has 0 atom stereocenters. The molecule has 3 nitrogen and oxygen atoms in total. The van der Waals surface area contributed by atoms with Crippen LogP contribution in [0.15, 0.2) is 12.1 Å². The monoisotopic (exact) mass is 160 g/mol. The zero-order valence-corrected chi connectivity index (χ0v) is 5.63. The van der Waals surface area contributed by atoms with Crippen molar-refractivity contribution in [3.63, 3.8) is 0 Å². The van der Waals surface area contributed by atoms with Crippen LogP contribution in [-0.4, -0.2) is 15.3 Å².